The van der Waals surface area contributed by atoms with Crippen LogP contribution in [0.5, 0.6) is 5.75 Å². The third-order valence-electron chi connectivity index (χ3n) is 4.75. The lowest BCUT2D eigenvalue weighted by atomic mass is 9.83. The molecule has 0 bridgehead atoms. The summed E-state index contributed by atoms with van der Waals surface area (Å²) in [5.41, 5.74) is 2.19. The van der Waals surface area contributed by atoms with Crippen LogP contribution in [-0.2, 0) is 11.4 Å². The van der Waals surface area contributed by atoms with Crippen LogP contribution in [-0.4, -0.2) is 21.2 Å². The fourth-order valence-electron chi connectivity index (χ4n) is 2.96. The normalized spacial score (nSPS) is 12.7. The monoisotopic (exact) mass is 365 g/mol. The van der Waals surface area contributed by atoms with Crippen LogP contribution in [0.2, 0.25) is 0 Å². The van der Waals surface area contributed by atoms with Gasteiger partial charge in [-0.15, -0.1) is 0 Å². The molecule has 3 aromatic rings. The molecule has 0 fully saturated rings. The Balaban J connectivity index is 1.76. The number of aromatic nitrogens is 1. The van der Waals surface area contributed by atoms with Crippen LogP contribution >= 0.6 is 0 Å². The summed E-state index contributed by atoms with van der Waals surface area (Å²) in [6, 6.07) is 16.8. The first-order valence-electron chi connectivity index (χ1n) is 8.78. The summed E-state index contributed by atoms with van der Waals surface area (Å²) in [6.45, 7) is 5.35. The molecule has 27 heavy (non-hydrogen) atoms. The number of hydrogen-bond donors (Lipinski definition) is 2. The summed E-state index contributed by atoms with van der Waals surface area (Å²) in [4.78, 5) is 15.8. The molecule has 2 aromatic carbocycles. The number of aliphatic carboxylic acids is 1. The molecular weight excluding hydrogens is 342 g/mol. The van der Waals surface area contributed by atoms with Crippen molar-refractivity contribution in [3.05, 3.63) is 71.4 Å². The summed E-state index contributed by atoms with van der Waals surface area (Å²) >= 11 is 0. The first-order valence-corrected chi connectivity index (χ1v) is 8.78. The molecule has 0 aliphatic rings. The van der Waals surface area contributed by atoms with Crippen LogP contribution in [0.25, 0.3) is 10.9 Å². The van der Waals surface area contributed by atoms with E-state index < -0.39 is 17.5 Å². The molecule has 1 unspecified atom stereocenters. The van der Waals surface area contributed by atoms with Gasteiger partial charge in [0.2, 0.25) is 0 Å². The minimum absolute atomic E-state index is 0.395. The number of aliphatic hydroxyl groups excluding tert-OH is 1. The van der Waals surface area contributed by atoms with Crippen LogP contribution in [0.15, 0.2) is 54.6 Å². The number of aryl methyl sites for hydroxylation is 1. The molecule has 3 rings (SSSR count). The van der Waals surface area contributed by atoms with E-state index in [2.05, 4.69) is 4.98 Å². The Morgan fingerprint density at radius 3 is 2.48 bits per heavy atom. The Morgan fingerprint density at radius 1 is 1.15 bits per heavy atom. The van der Waals surface area contributed by atoms with Gasteiger partial charge >= 0.3 is 5.97 Å². The fourth-order valence-corrected chi connectivity index (χ4v) is 2.96. The van der Waals surface area contributed by atoms with E-state index in [1.54, 1.807) is 24.3 Å². The fraction of sp³-hybridized carbons (Fsp3) is 0.273. The SMILES string of the molecule is Cc1cc(COc2ccc(C(O)C(C)(C)C(=O)O)cc2)c2ccccc2n1. The van der Waals surface area contributed by atoms with Gasteiger partial charge in [0.25, 0.3) is 0 Å². The predicted molar refractivity (Wildman–Crippen MR) is 104 cm³/mol. The van der Waals surface area contributed by atoms with E-state index >= 15 is 0 Å². The zero-order valence-corrected chi connectivity index (χ0v) is 15.6. The molecule has 2 N–H and O–H groups in total. The Morgan fingerprint density at radius 2 is 1.81 bits per heavy atom. The topological polar surface area (TPSA) is 79.7 Å². The van der Waals surface area contributed by atoms with E-state index in [9.17, 15) is 15.0 Å². The lowest BCUT2D eigenvalue weighted by Crippen LogP contribution is -2.31. The molecule has 1 heterocycles. The highest BCUT2D eigenvalue weighted by Gasteiger charge is 2.36. The molecule has 1 aromatic heterocycles. The summed E-state index contributed by atoms with van der Waals surface area (Å²) < 4.78 is 5.90. The van der Waals surface area contributed by atoms with Gasteiger partial charge in [-0.25, -0.2) is 0 Å². The van der Waals surface area contributed by atoms with Crippen LogP contribution in [0, 0.1) is 12.3 Å². The van der Waals surface area contributed by atoms with E-state index in [1.807, 2.05) is 37.3 Å². The molecule has 5 heteroatoms. The van der Waals surface area contributed by atoms with E-state index in [1.165, 1.54) is 13.8 Å². The highest BCUT2D eigenvalue weighted by Crippen LogP contribution is 2.34. The molecule has 1 atom stereocenters. The Labute approximate surface area is 158 Å². The number of benzene rings is 2. The summed E-state index contributed by atoms with van der Waals surface area (Å²) in [7, 11) is 0. The Bertz CT molecular complexity index is 964. The Kier molecular flexibility index (Phi) is 5.15. The minimum Gasteiger partial charge on any atom is -0.489 e. The quantitative estimate of drug-likeness (QED) is 0.682. The minimum atomic E-state index is -1.27. The van der Waals surface area contributed by atoms with Gasteiger partial charge in [0.1, 0.15) is 12.4 Å². The number of ether oxygens (including phenoxy) is 1. The summed E-state index contributed by atoms with van der Waals surface area (Å²) in [6.07, 6.45) is -1.10. The van der Waals surface area contributed by atoms with Crippen molar-refractivity contribution in [3.8, 4) is 5.75 Å². The first-order chi connectivity index (χ1) is 12.8. The molecule has 0 aliphatic carbocycles. The average molecular weight is 365 g/mol. The lowest BCUT2D eigenvalue weighted by molar-refractivity contribution is -0.153. The van der Waals surface area contributed by atoms with E-state index in [-0.39, 0.29) is 0 Å². The lowest BCUT2D eigenvalue weighted by Gasteiger charge is -2.26. The van der Waals surface area contributed by atoms with Crippen LogP contribution in [0.1, 0.15) is 36.8 Å². The molecule has 0 spiro atoms. The van der Waals surface area contributed by atoms with Gasteiger partial charge in [0.15, 0.2) is 0 Å². The predicted octanol–water partition coefficient (Wildman–Crippen LogP) is 4.27. The van der Waals surface area contributed by atoms with Crippen LogP contribution in [0.3, 0.4) is 0 Å². The molecule has 0 saturated heterocycles. The van der Waals surface area contributed by atoms with Crippen LogP contribution in [0.4, 0.5) is 0 Å². The number of para-hydroxylation sites is 1. The van der Waals surface area contributed by atoms with Crippen molar-refractivity contribution in [1.29, 1.82) is 0 Å². The molecular formula is C22H23NO4. The smallest absolute Gasteiger partial charge is 0.312 e. The number of aliphatic hydroxyl groups is 1. The highest BCUT2D eigenvalue weighted by molar-refractivity contribution is 5.82. The zero-order chi connectivity index (χ0) is 19.6. The summed E-state index contributed by atoms with van der Waals surface area (Å²) in [5.74, 6) is -0.395. The molecule has 0 saturated carbocycles. The van der Waals surface area contributed by atoms with E-state index in [0.717, 1.165) is 22.2 Å². The van der Waals surface area contributed by atoms with Gasteiger partial charge in [-0.05, 0) is 50.6 Å². The second kappa shape index (κ2) is 7.37. The van der Waals surface area contributed by atoms with E-state index in [4.69, 9.17) is 4.74 Å². The number of carboxylic acid groups (broad SMARTS) is 1. The molecule has 140 valence electrons. The molecule has 5 nitrogen and oxygen atoms in total. The van der Waals surface area contributed by atoms with Crippen molar-refractivity contribution in [2.45, 2.75) is 33.5 Å². The first kappa shape index (κ1) is 18.9. The number of fused-ring (bicyclic) bond motifs is 1. The van der Waals surface area contributed by atoms with Gasteiger partial charge in [-0.2, -0.15) is 0 Å². The van der Waals surface area contributed by atoms with Gasteiger partial charge in [-0.1, -0.05) is 30.3 Å². The maximum absolute atomic E-state index is 11.3. The zero-order valence-electron chi connectivity index (χ0n) is 15.6. The number of pyridine rings is 1. The van der Waals surface area contributed by atoms with Crippen LogP contribution < -0.4 is 4.74 Å². The highest BCUT2D eigenvalue weighted by atomic mass is 16.5. The van der Waals surface area contributed by atoms with Crippen molar-refractivity contribution >= 4 is 16.9 Å². The maximum atomic E-state index is 11.3. The number of carbonyl (C=O) groups is 1. The van der Waals surface area contributed by atoms with E-state index in [0.29, 0.717) is 17.9 Å². The number of hydrogen-bond acceptors (Lipinski definition) is 4. The second-order valence-electron chi connectivity index (χ2n) is 7.23. The second-order valence-corrected chi connectivity index (χ2v) is 7.23. The van der Waals surface area contributed by atoms with Gasteiger partial charge in [0, 0.05) is 16.6 Å². The standard InChI is InChI=1S/C22H23NO4/c1-14-12-16(18-6-4-5-7-19(18)23-14)13-27-17-10-8-15(9-11-17)20(24)22(2,3)21(25)26/h4-12,20,24H,13H2,1-3H3,(H,25,26). The molecule has 0 amide bonds. The van der Waals surface area contributed by atoms with Crippen molar-refractivity contribution in [1.82, 2.24) is 4.98 Å². The molecule has 0 radical (unpaired) electrons. The third-order valence-corrected chi connectivity index (χ3v) is 4.75. The number of nitrogens with zero attached hydrogens (tertiary/aromatic N) is 1. The third kappa shape index (κ3) is 3.93. The molecule has 0 aliphatic heterocycles. The number of carboxylic acids is 1. The van der Waals surface area contributed by atoms with Gasteiger partial charge < -0.3 is 14.9 Å². The van der Waals surface area contributed by atoms with Gasteiger partial charge in [0.05, 0.1) is 17.0 Å². The largest absolute Gasteiger partial charge is 0.489 e. The Hall–Kier alpha value is -2.92. The maximum Gasteiger partial charge on any atom is 0.312 e. The number of rotatable bonds is 6. The van der Waals surface area contributed by atoms with Crippen molar-refractivity contribution in [2.24, 2.45) is 5.41 Å². The average Bonchev–Trinajstić information content (AvgIpc) is 2.65. The van der Waals surface area contributed by atoms with Crippen molar-refractivity contribution in [2.75, 3.05) is 0 Å². The summed E-state index contributed by atoms with van der Waals surface area (Å²) in [5, 5.41) is 20.6. The van der Waals surface area contributed by atoms with Crippen molar-refractivity contribution < 1.29 is 19.7 Å². The van der Waals surface area contributed by atoms with Crippen molar-refractivity contribution in [3.63, 3.8) is 0 Å². The van der Waals surface area contributed by atoms with Gasteiger partial charge in [-0.3, -0.25) is 9.78 Å².